The fourth-order valence-corrected chi connectivity index (χ4v) is 4.30. The minimum Gasteiger partial charge on any atom is -0.467 e. The van der Waals surface area contributed by atoms with E-state index in [4.69, 9.17) is 18.6 Å². The SMILES string of the molecule is CCOCCCN(CC(=O)N(Cc1ccc2c(c1)OCO2)Cc1ccco1)C(=O)c1cccc(Br)c1. The minimum absolute atomic E-state index is 0.0667. The Morgan fingerprint density at radius 3 is 2.64 bits per heavy atom. The molecule has 1 aromatic heterocycles. The zero-order valence-electron chi connectivity index (χ0n) is 20.2. The van der Waals surface area contributed by atoms with Crippen molar-refractivity contribution in [3.05, 3.63) is 82.2 Å². The van der Waals surface area contributed by atoms with E-state index in [1.54, 1.807) is 40.3 Å². The number of furan rings is 1. The zero-order valence-corrected chi connectivity index (χ0v) is 21.7. The molecule has 8 nitrogen and oxygen atoms in total. The summed E-state index contributed by atoms with van der Waals surface area (Å²) < 4.78 is 22.7. The van der Waals surface area contributed by atoms with Crippen LogP contribution in [0.4, 0.5) is 0 Å². The maximum absolute atomic E-state index is 13.6. The normalized spacial score (nSPS) is 11.9. The smallest absolute Gasteiger partial charge is 0.254 e. The third kappa shape index (κ3) is 6.89. The van der Waals surface area contributed by atoms with Gasteiger partial charge in [0.25, 0.3) is 5.91 Å². The van der Waals surface area contributed by atoms with Gasteiger partial charge in [-0.3, -0.25) is 9.59 Å². The number of hydrogen-bond acceptors (Lipinski definition) is 6. The molecular weight excluding hydrogens is 528 g/mol. The van der Waals surface area contributed by atoms with Crippen LogP contribution in [0, 0.1) is 0 Å². The van der Waals surface area contributed by atoms with Gasteiger partial charge in [0.15, 0.2) is 11.5 Å². The number of ether oxygens (including phenoxy) is 3. The predicted octanol–water partition coefficient (Wildman–Crippen LogP) is 4.87. The first-order chi connectivity index (χ1) is 17.5. The molecule has 36 heavy (non-hydrogen) atoms. The average Bonchev–Trinajstić information content (AvgIpc) is 3.57. The molecule has 1 aliphatic heterocycles. The summed E-state index contributed by atoms with van der Waals surface area (Å²) in [6, 6.07) is 16.4. The Labute approximate surface area is 218 Å². The molecule has 0 saturated carbocycles. The van der Waals surface area contributed by atoms with Crippen molar-refractivity contribution in [2.45, 2.75) is 26.4 Å². The number of benzene rings is 2. The first kappa shape index (κ1) is 25.8. The number of carbonyl (C=O) groups excluding carboxylic acids is 2. The Bertz CT molecular complexity index is 1170. The Balaban J connectivity index is 1.52. The topological polar surface area (TPSA) is 81.5 Å². The van der Waals surface area contributed by atoms with E-state index >= 15 is 0 Å². The van der Waals surface area contributed by atoms with E-state index in [0.717, 1.165) is 10.0 Å². The van der Waals surface area contributed by atoms with Gasteiger partial charge in [-0.2, -0.15) is 0 Å². The number of fused-ring (bicyclic) bond motifs is 1. The van der Waals surface area contributed by atoms with Gasteiger partial charge < -0.3 is 28.4 Å². The summed E-state index contributed by atoms with van der Waals surface area (Å²) in [6.45, 7) is 4.16. The first-order valence-electron chi connectivity index (χ1n) is 11.8. The van der Waals surface area contributed by atoms with E-state index in [0.29, 0.717) is 55.5 Å². The van der Waals surface area contributed by atoms with Crippen molar-refractivity contribution in [2.75, 3.05) is 33.1 Å². The van der Waals surface area contributed by atoms with Crippen LogP contribution in [0.25, 0.3) is 0 Å². The lowest BCUT2D eigenvalue weighted by Gasteiger charge is -2.27. The molecule has 9 heteroatoms. The molecule has 0 saturated heterocycles. The Morgan fingerprint density at radius 1 is 1.00 bits per heavy atom. The van der Waals surface area contributed by atoms with E-state index in [9.17, 15) is 9.59 Å². The van der Waals surface area contributed by atoms with Gasteiger partial charge in [0.1, 0.15) is 12.3 Å². The number of carbonyl (C=O) groups is 2. The van der Waals surface area contributed by atoms with E-state index < -0.39 is 0 Å². The standard InChI is InChI=1S/C27H29BrN2O6/c1-2-33-12-5-11-29(27(32)21-6-3-7-22(28)15-21)18-26(31)30(17-23-8-4-13-34-23)16-20-9-10-24-25(14-20)36-19-35-24/h3-4,6-10,13-15H,2,5,11-12,16-19H2,1H3. The van der Waals surface area contributed by atoms with Crippen LogP contribution in [0.15, 0.2) is 69.8 Å². The summed E-state index contributed by atoms with van der Waals surface area (Å²) in [5.41, 5.74) is 1.40. The minimum atomic E-state index is -0.206. The van der Waals surface area contributed by atoms with Crippen LogP contribution < -0.4 is 9.47 Å². The van der Waals surface area contributed by atoms with E-state index in [2.05, 4.69) is 15.9 Å². The molecular formula is C27H29BrN2O6. The number of halogens is 1. The zero-order chi connectivity index (χ0) is 25.3. The van der Waals surface area contributed by atoms with Gasteiger partial charge in [-0.15, -0.1) is 0 Å². The van der Waals surface area contributed by atoms with Gasteiger partial charge >= 0.3 is 0 Å². The molecule has 190 valence electrons. The highest BCUT2D eigenvalue weighted by molar-refractivity contribution is 9.10. The molecule has 0 unspecified atom stereocenters. The monoisotopic (exact) mass is 556 g/mol. The van der Waals surface area contributed by atoms with Crippen molar-refractivity contribution in [1.29, 1.82) is 0 Å². The van der Waals surface area contributed by atoms with Crippen molar-refractivity contribution in [2.24, 2.45) is 0 Å². The molecule has 0 aliphatic carbocycles. The predicted molar refractivity (Wildman–Crippen MR) is 137 cm³/mol. The lowest BCUT2D eigenvalue weighted by atomic mass is 10.1. The third-order valence-corrected chi connectivity index (χ3v) is 6.19. The highest BCUT2D eigenvalue weighted by Gasteiger charge is 2.24. The highest BCUT2D eigenvalue weighted by atomic mass is 79.9. The van der Waals surface area contributed by atoms with Crippen LogP contribution in [0.1, 0.15) is 35.0 Å². The second-order valence-electron chi connectivity index (χ2n) is 8.30. The highest BCUT2D eigenvalue weighted by Crippen LogP contribution is 2.33. The molecule has 2 amide bonds. The number of hydrogen-bond donors (Lipinski definition) is 0. The van der Waals surface area contributed by atoms with Crippen LogP contribution in [0.2, 0.25) is 0 Å². The van der Waals surface area contributed by atoms with Gasteiger partial charge in [-0.25, -0.2) is 0 Å². The molecule has 2 aromatic carbocycles. The van der Waals surface area contributed by atoms with Gasteiger partial charge in [0.05, 0.1) is 12.8 Å². The van der Waals surface area contributed by atoms with Crippen molar-refractivity contribution in [3.8, 4) is 11.5 Å². The van der Waals surface area contributed by atoms with Crippen molar-refractivity contribution in [3.63, 3.8) is 0 Å². The summed E-state index contributed by atoms with van der Waals surface area (Å²) in [5.74, 6) is 1.60. The van der Waals surface area contributed by atoms with E-state index in [-0.39, 0.29) is 31.7 Å². The summed E-state index contributed by atoms with van der Waals surface area (Å²) >= 11 is 3.42. The summed E-state index contributed by atoms with van der Waals surface area (Å²) in [5, 5.41) is 0. The van der Waals surface area contributed by atoms with Crippen LogP contribution in [0.5, 0.6) is 11.5 Å². The fraction of sp³-hybridized carbons (Fsp3) is 0.333. The number of amides is 2. The van der Waals surface area contributed by atoms with Crippen molar-refractivity contribution < 1.29 is 28.2 Å². The second kappa shape index (κ2) is 12.6. The lowest BCUT2D eigenvalue weighted by molar-refractivity contribution is -0.133. The molecule has 0 bridgehead atoms. The average molecular weight is 557 g/mol. The second-order valence-corrected chi connectivity index (χ2v) is 9.22. The molecule has 1 aliphatic rings. The van der Waals surface area contributed by atoms with Gasteiger partial charge in [0, 0.05) is 36.3 Å². The van der Waals surface area contributed by atoms with E-state index in [1.807, 2.05) is 37.3 Å². The number of rotatable bonds is 12. The molecule has 0 radical (unpaired) electrons. The van der Waals surface area contributed by atoms with Crippen LogP contribution in [-0.2, 0) is 22.6 Å². The molecule has 0 fully saturated rings. The maximum Gasteiger partial charge on any atom is 0.254 e. The molecule has 4 rings (SSSR count). The van der Waals surface area contributed by atoms with Crippen molar-refractivity contribution >= 4 is 27.7 Å². The largest absolute Gasteiger partial charge is 0.467 e. The number of nitrogens with zero attached hydrogens (tertiary/aromatic N) is 2. The Kier molecular flexibility index (Phi) is 9.02. The van der Waals surface area contributed by atoms with Crippen molar-refractivity contribution in [1.82, 2.24) is 9.80 Å². The van der Waals surface area contributed by atoms with Crippen LogP contribution >= 0.6 is 15.9 Å². The molecule has 0 N–H and O–H groups in total. The van der Waals surface area contributed by atoms with Gasteiger partial charge in [0.2, 0.25) is 12.7 Å². The van der Waals surface area contributed by atoms with E-state index in [1.165, 1.54) is 0 Å². The summed E-state index contributed by atoms with van der Waals surface area (Å²) in [4.78, 5) is 30.2. The van der Waals surface area contributed by atoms with Gasteiger partial charge in [-0.05, 0) is 61.4 Å². The van der Waals surface area contributed by atoms with Crippen LogP contribution in [0.3, 0.4) is 0 Å². The lowest BCUT2D eigenvalue weighted by Crippen LogP contribution is -2.43. The molecule has 0 atom stereocenters. The third-order valence-electron chi connectivity index (χ3n) is 5.70. The molecule has 0 spiro atoms. The fourth-order valence-electron chi connectivity index (χ4n) is 3.90. The Hall–Kier alpha value is -3.30. The van der Waals surface area contributed by atoms with Gasteiger partial charge in [-0.1, -0.05) is 28.1 Å². The molecule has 3 aromatic rings. The van der Waals surface area contributed by atoms with Crippen LogP contribution in [-0.4, -0.2) is 54.7 Å². The maximum atomic E-state index is 13.6. The first-order valence-corrected chi connectivity index (χ1v) is 12.6. The quantitative estimate of drug-likeness (QED) is 0.296. The summed E-state index contributed by atoms with van der Waals surface area (Å²) in [7, 11) is 0. The summed E-state index contributed by atoms with van der Waals surface area (Å²) in [6.07, 6.45) is 2.20. The Morgan fingerprint density at radius 2 is 1.86 bits per heavy atom. The molecule has 2 heterocycles.